The maximum absolute atomic E-state index is 12.4. The molecule has 0 radical (unpaired) electrons. The van der Waals surface area contributed by atoms with Gasteiger partial charge >= 0.3 is 0 Å². The second kappa shape index (κ2) is 7.91. The van der Waals surface area contributed by atoms with E-state index in [2.05, 4.69) is 12.2 Å². The molecule has 1 N–H and O–H groups in total. The van der Waals surface area contributed by atoms with E-state index in [1.54, 1.807) is 14.2 Å². The monoisotopic (exact) mass is 293 g/mol. The minimum Gasteiger partial charge on any atom is -0.493 e. The average molecular weight is 293 g/mol. The number of rotatable bonds is 8. The quantitative estimate of drug-likeness (QED) is 0.748. The number of amides is 1. The first kappa shape index (κ1) is 17.3. The van der Waals surface area contributed by atoms with E-state index in [0.29, 0.717) is 11.5 Å². The van der Waals surface area contributed by atoms with Gasteiger partial charge in [0.25, 0.3) is 0 Å². The standard InChI is InChI=1S/C17H27NO3/c1-6-7-8-11-18-16(19)17(2,3)13-9-10-14(20-4)15(12-13)21-5/h9-10,12H,6-8,11H2,1-5H3,(H,18,19). The minimum atomic E-state index is -0.605. The first-order valence-corrected chi connectivity index (χ1v) is 7.48. The Bertz CT molecular complexity index is 469. The Balaban J connectivity index is 2.83. The lowest BCUT2D eigenvalue weighted by molar-refractivity contribution is -0.125. The summed E-state index contributed by atoms with van der Waals surface area (Å²) in [6.45, 7) is 6.71. The fraction of sp³-hybridized carbons (Fsp3) is 0.588. The van der Waals surface area contributed by atoms with Crippen LogP contribution in [0.25, 0.3) is 0 Å². The number of hydrogen-bond donors (Lipinski definition) is 1. The van der Waals surface area contributed by atoms with Gasteiger partial charge in [-0.3, -0.25) is 4.79 Å². The summed E-state index contributed by atoms with van der Waals surface area (Å²) in [6, 6.07) is 5.61. The molecule has 0 saturated heterocycles. The average Bonchev–Trinajstić information content (AvgIpc) is 2.50. The zero-order chi connectivity index (χ0) is 15.9. The van der Waals surface area contributed by atoms with Crippen molar-refractivity contribution in [3.63, 3.8) is 0 Å². The van der Waals surface area contributed by atoms with Crippen molar-refractivity contribution in [2.75, 3.05) is 20.8 Å². The normalized spacial score (nSPS) is 11.1. The molecule has 0 bridgehead atoms. The van der Waals surface area contributed by atoms with Gasteiger partial charge in [-0.1, -0.05) is 25.8 Å². The van der Waals surface area contributed by atoms with E-state index >= 15 is 0 Å². The Morgan fingerprint density at radius 3 is 2.38 bits per heavy atom. The van der Waals surface area contributed by atoms with Crippen LogP contribution in [0.15, 0.2) is 18.2 Å². The molecule has 1 amide bonds. The van der Waals surface area contributed by atoms with Crippen LogP contribution >= 0.6 is 0 Å². The molecule has 118 valence electrons. The Morgan fingerprint density at radius 2 is 1.81 bits per heavy atom. The highest BCUT2D eigenvalue weighted by Crippen LogP contribution is 2.33. The maximum Gasteiger partial charge on any atom is 0.230 e. The summed E-state index contributed by atoms with van der Waals surface area (Å²) in [5.41, 5.74) is 0.305. The first-order valence-electron chi connectivity index (χ1n) is 7.48. The number of unbranched alkanes of at least 4 members (excludes halogenated alkanes) is 2. The lowest BCUT2D eigenvalue weighted by atomic mass is 9.83. The molecule has 1 aromatic rings. The van der Waals surface area contributed by atoms with Crippen molar-refractivity contribution in [2.24, 2.45) is 0 Å². The Labute approximate surface area is 127 Å². The molecule has 0 spiro atoms. The molecule has 0 saturated carbocycles. The third-order valence-corrected chi connectivity index (χ3v) is 3.74. The molecule has 0 aliphatic heterocycles. The van der Waals surface area contributed by atoms with Crippen molar-refractivity contribution in [1.29, 1.82) is 0 Å². The topological polar surface area (TPSA) is 47.6 Å². The SMILES string of the molecule is CCCCCNC(=O)C(C)(C)c1ccc(OC)c(OC)c1. The number of carbonyl (C=O) groups excluding carboxylic acids is 1. The van der Waals surface area contributed by atoms with Gasteiger partial charge in [-0.2, -0.15) is 0 Å². The molecule has 0 aliphatic rings. The number of carbonyl (C=O) groups is 1. The summed E-state index contributed by atoms with van der Waals surface area (Å²) < 4.78 is 10.5. The van der Waals surface area contributed by atoms with Crippen LogP contribution in [0.2, 0.25) is 0 Å². The number of nitrogens with one attached hydrogen (secondary N) is 1. The molecule has 0 aromatic heterocycles. The van der Waals surface area contributed by atoms with Gasteiger partial charge in [0.05, 0.1) is 19.6 Å². The van der Waals surface area contributed by atoms with E-state index in [1.165, 1.54) is 0 Å². The fourth-order valence-corrected chi connectivity index (χ4v) is 2.15. The lowest BCUT2D eigenvalue weighted by Gasteiger charge is -2.25. The van der Waals surface area contributed by atoms with Crippen molar-refractivity contribution < 1.29 is 14.3 Å². The van der Waals surface area contributed by atoms with E-state index in [1.807, 2.05) is 32.0 Å². The number of hydrogen-bond acceptors (Lipinski definition) is 3. The molecular formula is C17H27NO3. The van der Waals surface area contributed by atoms with Crippen LogP contribution in [0.3, 0.4) is 0 Å². The molecule has 0 aliphatic carbocycles. The molecule has 21 heavy (non-hydrogen) atoms. The Kier molecular flexibility index (Phi) is 6.53. The maximum atomic E-state index is 12.4. The number of benzene rings is 1. The van der Waals surface area contributed by atoms with E-state index in [0.717, 1.165) is 31.4 Å². The van der Waals surface area contributed by atoms with E-state index in [9.17, 15) is 4.79 Å². The van der Waals surface area contributed by atoms with Crippen LogP contribution in [0, 0.1) is 0 Å². The van der Waals surface area contributed by atoms with Crippen LogP contribution in [0.1, 0.15) is 45.6 Å². The predicted octanol–water partition coefficient (Wildman–Crippen LogP) is 3.29. The van der Waals surface area contributed by atoms with E-state index in [4.69, 9.17) is 9.47 Å². The summed E-state index contributed by atoms with van der Waals surface area (Å²) in [6.07, 6.45) is 3.30. The molecule has 0 heterocycles. The van der Waals surface area contributed by atoms with Crippen LogP contribution in [0.4, 0.5) is 0 Å². The van der Waals surface area contributed by atoms with Crippen LogP contribution < -0.4 is 14.8 Å². The Hall–Kier alpha value is -1.71. The number of methoxy groups -OCH3 is 2. The lowest BCUT2D eigenvalue weighted by Crippen LogP contribution is -2.40. The van der Waals surface area contributed by atoms with Crippen LogP contribution in [-0.4, -0.2) is 26.7 Å². The molecule has 0 atom stereocenters. The van der Waals surface area contributed by atoms with Gasteiger partial charge in [-0.25, -0.2) is 0 Å². The van der Waals surface area contributed by atoms with Crippen molar-refractivity contribution in [3.05, 3.63) is 23.8 Å². The molecule has 0 fully saturated rings. The van der Waals surface area contributed by atoms with Gasteiger partial charge in [0, 0.05) is 6.54 Å². The Morgan fingerprint density at radius 1 is 1.14 bits per heavy atom. The summed E-state index contributed by atoms with van der Waals surface area (Å²) >= 11 is 0. The van der Waals surface area contributed by atoms with Crippen molar-refractivity contribution in [3.8, 4) is 11.5 Å². The summed E-state index contributed by atoms with van der Waals surface area (Å²) in [4.78, 5) is 12.4. The van der Waals surface area contributed by atoms with Gasteiger partial charge in [0.15, 0.2) is 11.5 Å². The van der Waals surface area contributed by atoms with Crippen LogP contribution in [-0.2, 0) is 10.2 Å². The second-order valence-electron chi connectivity index (χ2n) is 5.66. The van der Waals surface area contributed by atoms with Gasteiger partial charge in [0.2, 0.25) is 5.91 Å². The van der Waals surface area contributed by atoms with Gasteiger partial charge in [-0.05, 0) is 38.0 Å². The van der Waals surface area contributed by atoms with E-state index < -0.39 is 5.41 Å². The minimum absolute atomic E-state index is 0.0332. The fourth-order valence-electron chi connectivity index (χ4n) is 2.15. The highest BCUT2D eigenvalue weighted by Gasteiger charge is 2.30. The highest BCUT2D eigenvalue weighted by molar-refractivity contribution is 5.87. The van der Waals surface area contributed by atoms with Gasteiger partial charge in [-0.15, -0.1) is 0 Å². The largest absolute Gasteiger partial charge is 0.493 e. The van der Waals surface area contributed by atoms with Crippen LogP contribution in [0.5, 0.6) is 11.5 Å². The summed E-state index contributed by atoms with van der Waals surface area (Å²) in [5.74, 6) is 1.34. The van der Waals surface area contributed by atoms with Crippen molar-refractivity contribution >= 4 is 5.91 Å². The number of ether oxygens (including phenoxy) is 2. The molecular weight excluding hydrogens is 266 g/mol. The van der Waals surface area contributed by atoms with Gasteiger partial charge < -0.3 is 14.8 Å². The third-order valence-electron chi connectivity index (χ3n) is 3.74. The molecule has 4 heteroatoms. The third kappa shape index (κ3) is 4.38. The van der Waals surface area contributed by atoms with E-state index in [-0.39, 0.29) is 5.91 Å². The first-order chi connectivity index (χ1) is 9.97. The smallest absolute Gasteiger partial charge is 0.230 e. The van der Waals surface area contributed by atoms with Crippen molar-refractivity contribution in [2.45, 2.75) is 45.4 Å². The zero-order valence-electron chi connectivity index (χ0n) is 13.8. The second-order valence-corrected chi connectivity index (χ2v) is 5.66. The summed E-state index contributed by atoms with van der Waals surface area (Å²) in [7, 11) is 3.20. The van der Waals surface area contributed by atoms with Gasteiger partial charge in [0.1, 0.15) is 0 Å². The zero-order valence-corrected chi connectivity index (χ0v) is 13.8. The summed E-state index contributed by atoms with van der Waals surface area (Å²) in [5, 5.41) is 3.01. The molecule has 0 unspecified atom stereocenters. The molecule has 4 nitrogen and oxygen atoms in total. The van der Waals surface area contributed by atoms with Crippen molar-refractivity contribution in [1.82, 2.24) is 5.32 Å². The molecule has 1 aromatic carbocycles. The predicted molar refractivity (Wildman–Crippen MR) is 85.1 cm³/mol. The highest BCUT2D eigenvalue weighted by atomic mass is 16.5. The molecule has 1 rings (SSSR count).